The van der Waals surface area contributed by atoms with E-state index in [0.717, 1.165) is 60.3 Å². The van der Waals surface area contributed by atoms with Crippen LogP contribution in [0.5, 0.6) is 6.01 Å². The number of likely N-dealkylation sites (N-methyl/N-ethyl adjacent to an activating group) is 1. The van der Waals surface area contributed by atoms with Gasteiger partial charge in [0.25, 0.3) is 0 Å². The summed E-state index contributed by atoms with van der Waals surface area (Å²) in [4.78, 5) is 31.4. The van der Waals surface area contributed by atoms with E-state index in [9.17, 15) is 10.1 Å². The van der Waals surface area contributed by atoms with Gasteiger partial charge in [-0.2, -0.15) is 20.3 Å². The lowest BCUT2D eigenvalue weighted by Gasteiger charge is -2.41. The highest BCUT2D eigenvalue weighted by molar-refractivity contribution is 5.94. The Labute approximate surface area is 253 Å². The number of piperazine rings is 1. The minimum Gasteiger partial charge on any atom is -0.462 e. The summed E-state index contributed by atoms with van der Waals surface area (Å²) in [6.45, 7) is 12.8. The van der Waals surface area contributed by atoms with E-state index >= 15 is 0 Å². The van der Waals surface area contributed by atoms with Crippen molar-refractivity contribution in [3.8, 4) is 12.1 Å². The molecule has 5 heterocycles. The molecule has 0 spiro atoms. The van der Waals surface area contributed by atoms with Crippen molar-refractivity contribution in [1.29, 1.82) is 5.26 Å². The number of rotatable bonds is 7. The number of hydrogen-bond donors (Lipinski definition) is 1. The maximum Gasteiger partial charge on any atom is 0.318 e. The molecule has 11 heteroatoms. The van der Waals surface area contributed by atoms with Crippen molar-refractivity contribution in [1.82, 2.24) is 30.0 Å². The number of aromatic nitrogens is 4. The molecule has 3 aliphatic rings. The smallest absolute Gasteiger partial charge is 0.318 e. The van der Waals surface area contributed by atoms with E-state index in [1.807, 2.05) is 6.20 Å². The van der Waals surface area contributed by atoms with Gasteiger partial charge in [-0.15, -0.1) is 0 Å². The third-order valence-electron chi connectivity index (χ3n) is 9.44. The number of hydrogen-bond acceptors (Lipinski definition) is 9. The lowest BCUT2D eigenvalue weighted by Crippen LogP contribution is -2.55. The summed E-state index contributed by atoms with van der Waals surface area (Å²) in [6, 6.07) is 4.94. The second kappa shape index (κ2) is 12.2. The molecule has 3 aromatic rings. The van der Waals surface area contributed by atoms with Gasteiger partial charge in [0.1, 0.15) is 12.4 Å². The Kier molecular flexibility index (Phi) is 8.21. The number of nitrogens with zero attached hydrogens (tertiary/aromatic N) is 8. The van der Waals surface area contributed by atoms with Crippen LogP contribution in [0.25, 0.3) is 10.9 Å². The molecule has 1 amide bonds. The number of amides is 1. The molecule has 226 valence electrons. The average molecular weight is 584 g/mol. The highest BCUT2D eigenvalue weighted by Gasteiger charge is 2.33. The standard InChI is InChI=1S/C32H41N9O2/c1-5-29(42)41-15-14-40(18-23(41)10-11-33)31-25-9-7-13-39(30-22(3)21(2)16-27-26(30)17-34-37-27)19-28(25)35-32(36-31)43-20-24-8-6-12-38(24)4/h5,16-17,23-24H,1,6-10,12-15,18-20H2,2-4H3,(H,34,37)/t23?,24-/m0/s1. The summed E-state index contributed by atoms with van der Waals surface area (Å²) in [5.41, 5.74) is 6.79. The molecule has 2 saturated heterocycles. The molecule has 0 aliphatic carbocycles. The largest absolute Gasteiger partial charge is 0.462 e. The molecular weight excluding hydrogens is 542 g/mol. The number of benzene rings is 1. The topological polar surface area (TPSA) is 118 Å². The van der Waals surface area contributed by atoms with Crippen molar-refractivity contribution in [3.05, 3.63) is 47.3 Å². The van der Waals surface area contributed by atoms with E-state index in [1.54, 1.807) is 4.90 Å². The van der Waals surface area contributed by atoms with Crippen LogP contribution in [-0.4, -0.2) is 94.3 Å². The fourth-order valence-corrected chi connectivity index (χ4v) is 6.92. The number of ether oxygens (including phenoxy) is 1. The van der Waals surface area contributed by atoms with Crippen molar-refractivity contribution in [2.24, 2.45) is 0 Å². The normalized spacial score (nSPS) is 21.0. The maximum atomic E-state index is 12.6. The number of nitrogens with one attached hydrogen (secondary N) is 1. The molecule has 2 fully saturated rings. The molecule has 2 aromatic heterocycles. The Bertz CT molecular complexity index is 1560. The number of nitriles is 1. The predicted octanol–water partition coefficient (Wildman–Crippen LogP) is 3.51. The Morgan fingerprint density at radius 1 is 1.19 bits per heavy atom. The lowest BCUT2D eigenvalue weighted by atomic mass is 10.0. The van der Waals surface area contributed by atoms with Gasteiger partial charge in [0.05, 0.1) is 48.2 Å². The van der Waals surface area contributed by atoms with Crippen molar-refractivity contribution >= 4 is 28.3 Å². The second-order valence-electron chi connectivity index (χ2n) is 12.1. The van der Waals surface area contributed by atoms with E-state index in [-0.39, 0.29) is 18.4 Å². The van der Waals surface area contributed by atoms with E-state index in [2.05, 4.69) is 64.5 Å². The fraction of sp³-hybridized carbons (Fsp3) is 0.531. The molecular formula is C32H41N9O2. The van der Waals surface area contributed by atoms with Crippen molar-refractivity contribution < 1.29 is 9.53 Å². The van der Waals surface area contributed by atoms with Crippen molar-refractivity contribution in [3.63, 3.8) is 0 Å². The number of aromatic amines is 1. The van der Waals surface area contributed by atoms with Gasteiger partial charge in [0.15, 0.2) is 0 Å². The third-order valence-corrected chi connectivity index (χ3v) is 9.44. The zero-order chi connectivity index (χ0) is 30.1. The highest BCUT2D eigenvalue weighted by Crippen LogP contribution is 2.37. The van der Waals surface area contributed by atoms with Gasteiger partial charge in [-0.05, 0) is 76.4 Å². The molecule has 43 heavy (non-hydrogen) atoms. The van der Waals surface area contributed by atoms with Gasteiger partial charge in [-0.3, -0.25) is 9.89 Å². The average Bonchev–Trinajstić information content (AvgIpc) is 3.58. The minimum absolute atomic E-state index is 0.138. The van der Waals surface area contributed by atoms with Gasteiger partial charge in [0.2, 0.25) is 5.91 Å². The zero-order valence-electron chi connectivity index (χ0n) is 25.5. The molecule has 2 atom stereocenters. The summed E-state index contributed by atoms with van der Waals surface area (Å²) in [7, 11) is 2.14. The molecule has 0 bridgehead atoms. The summed E-state index contributed by atoms with van der Waals surface area (Å²) in [6.07, 6.45) is 7.55. The number of aryl methyl sites for hydroxylation is 1. The first-order valence-corrected chi connectivity index (χ1v) is 15.3. The Morgan fingerprint density at radius 2 is 2.05 bits per heavy atom. The minimum atomic E-state index is -0.238. The first-order valence-electron chi connectivity index (χ1n) is 15.3. The van der Waals surface area contributed by atoms with E-state index in [0.29, 0.717) is 44.8 Å². The molecule has 3 aliphatic heterocycles. The highest BCUT2D eigenvalue weighted by atomic mass is 16.5. The molecule has 11 nitrogen and oxygen atoms in total. The van der Waals surface area contributed by atoms with E-state index < -0.39 is 0 Å². The number of fused-ring (bicyclic) bond motifs is 2. The number of anilines is 2. The molecule has 1 unspecified atom stereocenters. The quantitative estimate of drug-likeness (QED) is 0.417. The number of carbonyl (C=O) groups is 1. The van der Waals surface area contributed by atoms with Crippen LogP contribution in [0.1, 0.15) is 48.1 Å². The van der Waals surface area contributed by atoms with Crippen LogP contribution in [0, 0.1) is 25.2 Å². The Morgan fingerprint density at radius 3 is 2.81 bits per heavy atom. The van der Waals surface area contributed by atoms with Crippen LogP contribution in [-0.2, 0) is 17.8 Å². The number of H-pyrrole nitrogens is 1. The molecule has 6 rings (SSSR count). The van der Waals surface area contributed by atoms with E-state index in [1.165, 1.54) is 29.3 Å². The predicted molar refractivity (Wildman–Crippen MR) is 166 cm³/mol. The van der Waals surface area contributed by atoms with Crippen LogP contribution in [0.4, 0.5) is 11.5 Å². The van der Waals surface area contributed by atoms with Gasteiger partial charge in [-0.1, -0.05) is 6.58 Å². The van der Waals surface area contributed by atoms with Crippen LogP contribution in [0.3, 0.4) is 0 Å². The van der Waals surface area contributed by atoms with Crippen LogP contribution in [0.15, 0.2) is 24.9 Å². The van der Waals surface area contributed by atoms with Gasteiger partial charge >= 0.3 is 6.01 Å². The third kappa shape index (κ3) is 5.64. The fourth-order valence-electron chi connectivity index (χ4n) is 6.92. The van der Waals surface area contributed by atoms with Crippen LogP contribution < -0.4 is 14.5 Å². The first-order chi connectivity index (χ1) is 20.9. The number of carbonyl (C=O) groups excluding carboxylic acids is 1. The monoisotopic (exact) mass is 583 g/mol. The SMILES string of the molecule is C=CC(=O)N1CCN(c2nc(OC[C@@H]3CCCN3C)nc3c2CCCN(c2c(C)c(C)cc4[nH]ncc24)C3)CC1CC#N. The molecule has 0 radical (unpaired) electrons. The molecule has 1 N–H and O–H groups in total. The lowest BCUT2D eigenvalue weighted by molar-refractivity contribution is -0.128. The van der Waals surface area contributed by atoms with Gasteiger partial charge in [0, 0.05) is 43.2 Å². The van der Waals surface area contributed by atoms with Crippen LogP contribution in [0.2, 0.25) is 0 Å². The summed E-state index contributed by atoms with van der Waals surface area (Å²) in [5, 5.41) is 18.2. The van der Waals surface area contributed by atoms with Gasteiger partial charge < -0.3 is 24.3 Å². The summed E-state index contributed by atoms with van der Waals surface area (Å²) >= 11 is 0. The van der Waals surface area contributed by atoms with Crippen molar-refractivity contribution in [2.45, 2.75) is 64.6 Å². The van der Waals surface area contributed by atoms with Gasteiger partial charge in [-0.25, -0.2) is 0 Å². The molecule has 1 aromatic carbocycles. The molecule has 0 saturated carbocycles. The maximum absolute atomic E-state index is 12.6. The van der Waals surface area contributed by atoms with Crippen LogP contribution >= 0.6 is 0 Å². The zero-order valence-corrected chi connectivity index (χ0v) is 25.5. The number of likely N-dealkylation sites (tertiary alicyclic amines) is 1. The van der Waals surface area contributed by atoms with Crippen molar-refractivity contribution in [2.75, 3.05) is 56.2 Å². The van der Waals surface area contributed by atoms with E-state index in [4.69, 9.17) is 14.7 Å². The summed E-state index contributed by atoms with van der Waals surface area (Å²) < 4.78 is 6.34. The summed E-state index contributed by atoms with van der Waals surface area (Å²) in [5.74, 6) is 0.727. The first kappa shape index (κ1) is 28.9. The Balaban J connectivity index is 1.37. The second-order valence-corrected chi connectivity index (χ2v) is 12.1. The Hall–Kier alpha value is -4.17.